The maximum absolute atomic E-state index is 12.6. The van der Waals surface area contributed by atoms with E-state index in [0.717, 1.165) is 58.5 Å². The van der Waals surface area contributed by atoms with Crippen LogP contribution in [0.4, 0.5) is 0 Å². The molecule has 54 heavy (non-hydrogen) atoms. The van der Waals surface area contributed by atoms with Crippen LogP contribution in [0.2, 0.25) is 0 Å². The molecule has 0 aromatic carbocycles. The largest absolute Gasteiger partial charge is 0.457 e. The van der Waals surface area contributed by atoms with Crippen molar-refractivity contribution in [2.24, 2.45) is 56.7 Å². The van der Waals surface area contributed by atoms with E-state index in [0.29, 0.717) is 36.2 Å². The average molecular weight is 759 g/mol. The van der Waals surface area contributed by atoms with Crippen LogP contribution in [0, 0.1) is 56.7 Å². The van der Waals surface area contributed by atoms with Gasteiger partial charge in [-0.2, -0.15) is 0 Å². The van der Waals surface area contributed by atoms with Gasteiger partial charge in [-0.15, -0.1) is 0 Å². The van der Waals surface area contributed by atoms with Gasteiger partial charge in [-0.1, -0.05) is 34.6 Å². The number of carbonyl (C=O) groups is 1. The van der Waals surface area contributed by atoms with Gasteiger partial charge >= 0.3 is 5.97 Å². The first-order valence-electron chi connectivity index (χ1n) is 21.7. The first-order valence-corrected chi connectivity index (χ1v) is 21.7. The minimum Gasteiger partial charge on any atom is -0.457 e. The van der Waals surface area contributed by atoms with Crippen LogP contribution in [0.25, 0.3) is 0 Å². The van der Waals surface area contributed by atoms with E-state index in [1.54, 1.807) is 13.8 Å². The molecule has 10 nitrogen and oxygen atoms in total. The molecule has 8 rings (SSSR count). The predicted molar refractivity (Wildman–Crippen MR) is 205 cm³/mol. The summed E-state index contributed by atoms with van der Waals surface area (Å²) in [5.74, 6) is 1.71. The minimum absolute atomic E-state index is 0.0293. The van der Waals surface area contributed by atoms with Gasteiger partial charge in [-0.3, -0.25) is 14.6 Å². The third kappa shape index (κ3) is 6.02. The molecule has 14 atom stereocenters. The second-order valence-corrected chi connectivity index (χ2v) is 22.3. The molecule has 0 aromatic heterocycles. The van der Waals surface area contributed by atoms with E-state index in [-0.39, 0.29) is 52.0 Å². The number of aliphatic hydroxyl groups is 3. The van der Waals surface area contributed by atoms with Gasteiger partial charge in [0.15, 0.2) is 12.4 Å². The Morgan fingerprint density at radius 3 is 2.30 bits per heavy atom. The van der Waals surface area contributed by atoms with Crippen LogP contribution in [0.3, 0.4) is 0 Å². The van der Waals surface area contributed by atoms with Gasteiger partial charge in [-0.05, 0) is 130 Å². The van der Waals surface area contributed by atoms with Gasteiger partial charge in [0.25, 0.3) is 0 Å². The number of aliphatic hydroxyl groups excluding tert-OH is 1. The molecule has 8 aliphatic rings. The molecule has 8 fully saturated rings. The van der Waals surface area contributed by atoms with E-state index in [1.165, 1.54) is 32.6 Å². The zero-order valence-electron chi connectivity index (χ0n) is 35.2. The maximum Gasteiger partial charge on any atom is 0.303 e. The van der Waals surface area contributed by atoms with Crippen LogP contribution in [-0.2, 0) is 23.7 Å². The fourth-order valence-corrected chi connectivity index (χ4v) is 15.5. The highest BCUT2D eigenvalue weighted by atomic mass is 16.7. The van der Waals surface area contributed by atoms with Gasteiger partial charge in [-0.25, -0.2) is 0 Å². The normalized spacial score (nSPS) is 48.4. The van der Waals surface area contributed by atoms with Crippen molar-refractivity contribution in [3.8, 4) is 0 Å². The summed E-state index contributed by atoms with van der Waals surface area (Å²) in [6.45, 7) is 27.1. The Morgan fingerprint density at radius 1 is 0.944 bits per heavy atom. The number of hydrogen-bond donors (Lipinski definition) is 3. The van der Waals surface area contributed by atoms with Crippen molar-refractivity contribution < 1.29 is 39.1 Å². The number of rotatable bonds is 9. The zero-order chi connectivity index (χ0) is 39.0. The van der Waals surface area contributed by atoms with Gasteiger partial charge in [0.1, 0.15) is 0 Å². The number of esters is 1. The van der Waals surface area contributed by atoms with Crippen molar-refractivity contribution in [3.05, 3.63) is 0 Å². The number of β-amino-alcohol motifs (C(OH)–C–C–N with tert-alkyl or cyclic N) is 1. The lowest BCUT2D eigenvalue weighted by atomic mass is 9.41. The average Bonchev–Trinajstić information content (AvgIpc) is 3.67. The van der Waals surface area contributed by atoms with Crippen molar-refractivity contribution in [1.82, 2.24) is 9.80 Å². The smallest absolute Gasteiger partial charge is 0.303 e. The number of ether oxygens (including phenoxy) is 4. The Kier molecular flexibility index (Phi) is 9.67. The van der Waals surface area contributed by atoms with Crippen molar-refractivity contribution >= 4 is 5.97 Å². The van der Waals surface area contributed by atoms with Crippen LogP contribution >= 0.6 is 0 Å². The Balaban J connectivity index is 0.950. The van der Waals surface area contributed by atoms with Crippen LogP contribution < -0.4 is 0 Å². The molecule has 0 aromatic rings. The molecule has 3 saturated heterocycles. The van der Waals surface area contributed by atoms with E-state index >= 15 is 0 Å². The minimum atomic E-state index is -1.26. The highest BCUT2D eigenvalue weighted by Crippen LogP contribution is 2.89. The summed E-state index contributed by atoms with van der Waals surface area (Å²) < 4.78 is 25.9. The summed E-state index contributed by atoms with van der Waals surface area (Å²) in [6, 6.07) is 0. The van der Waals surface area contributed by atoms with Crippen LogP contribution in [0.5, 0.6) is 0 Å². The first kappa shape index (κ1) is 40.0. The summed E-state index contributed by atoms with van der Waals surface area (Å²) in [5, 5.41) is 33.9. The topological polar surface area (TPSA) is 121 Å². The van der Waals surface area contributed by atoms with Gasteiger partial charge in [0.2, 0.25) is 0 Å². The number of carbonyl (C=O) groups excluding carboxylic acids is 1. The van der Waals surface area contributed by atoms with Crippen LogP contribution in [-0.4, -0.2) is 125 Å². The molecule has 2 spiro atoms. The van der Waals surface area contributed by atoms with E-state index in [1.807, 2.05) is 13.8 Å². The van der Waals surface area contributed by atoms with E-state index in [4.69, 9.17) is 18.9 Å². The lowest BCUT2D eigenvalue weighted by molar-refractivity contribution is -0.249. The highest BCUT2D eigenvalue weighted by molar-refractivity contribution is 5.66. The van der Waals surface area contributed by atoms with Gasteiger partial charge < -0.3 is 34.3 Å². The monoisotopic (exact) mass is 759 g/mol. The van der Waals surface area contributed by atoms with Crippen LogP contribution in [0.15, 0.2) is 0 Å². The van der Waals surface area contributed by atoms with Crippen molar-refractivity contribution in [2.75, 3.05) is 45.9 Å². The summed E-state index contributed by atoms with van der Waals surface area (Å²) in [5.41, 5.74) is -1.68. The Morgan fingerprint density at radius 2 is 1.63 bits per heavy atom. The zero-order valence-corrected chi connectivity index (χ0v) is 35.2. The quantitative estimate of drug-likeness (QED) is 0.269. The summed E-state index contributed by atoms with van der Waals surface area (Å²) in [7, 11) is 0. The molecule has 308 valence electrons. The van der Waals surface area contributed by atoms with Gasteiger partial charge in [0, 0.05) is 51.6 Å². The second kappa shape index (κ2) is 13.1. The standard InChI is InChI=1S/C44H74N2O8/c1-26-19-29(37(40(7,8)50)52-27(2)47)53-35-34(26)41(9)15-16-44-24-43(44)14-13-32(39(5,6)30(43)11-12-31(44)42(41,10)36(35)48)54-33-23-45(17-18-51-33)20-28-21-46(22-28)25-38(3,4)49/h26,28-37,48-50H,11-25H2,1-10H3/t26-,29?,30+,31?,32+,33+,34+,35?,36+,37+,41-,42-,43?,44?/m1/s1. The first-order chi connectivity index (χ1) is 25.1. The molecule has 5 saturated carbocycles. The molecule has 3 N–H and O–H groups in total. The number of nitrogens with zero attached hydrogens (tertiary/aromatic N) is 2. The number of fused-ring (bicyclic) bond motifs is 4. The SMILES string of the molecule is CC(=O)O[C@@H](C1C[C@@H](C)[C@H]2C(O1)[C@H](O)[C@@]1(C)C3CC[C@H]4C(C)(C)[C@@H](O[C@H]5CN(CC6CN(CC(C)(C)O)C6)CCO5)CCC45CC35CC[C@]21C)C(C)(C)O. The Hall–Kier alpha value is -0.850. The Labute approximate surface area is 325 Å². The van der Waals surface area contributed by atoms with Crippen molar-refractivity contribution in [1.29, 1.82) is 0 Å². The number of hydrogen-bond acceptors (Lipinski definition) is 10. The van der Waals surface area contributed by atoms with E-state index in [9.17, 15) is 20.1 Å². The molecular formula is C44H74N2O8. The lowest BCUT2D eigenvalue weighted by Gasteiger charge is -2.64. The van der Waals surface area contributed by atoms with Crippen molar-refractivity contribution in [2.45, 2.75) is 169 Å². The van der Waals surface area contributed by atoms with Gasteiger partial charge in [0.05, 0.1) is 42.2 Å². The molecule has 3 heterocycles. The van der Waals surface area contributed by atoms with Crippen molar-refractivity contribution in [3.63, 3.8) is 0 Å². The number of likely N-dealkylation sites (tertiary alicyclic amines) is 1. The molecule has 3 aliphatic heterocycles. The predicted octanol–water partition coefficient (Wildman–Crippen LogP) is 5.25. The third-order valence-electron chi connectivity index (χ3n) is 17.7. The Bertz CT molecular complexity index is 1440. The maximum atomic E-state index is 12.6. The molecular weight excluding hydrogens is 684 g/mol. The third-order valence-corrected chi connectivity index (χ3v) is 17.7. The lowest BCUT2D eigenvalue weighted by Crippen LogP contribution is -2.60. The van der Waals surface area contributed by atoms with E-state index in [2.05, 4.69) is 44.4 Å². The molecule has 5 unspecified atom stereocenters. The molecule has 0 amide bonds. The molecule has 0 bridgehead atoms. The molecule has 0 radical (unpaired) electrons. The second-order valence-electron chi connectivity index (χ2n) is 22.3. The fraction of sp³-hybridized carbons (Fsp3) is 0.977. The summed E-state index contributed by atoms with van der Waals surface area (Å²) in [4.78, 5) is 17.0. The molecule has 10 heteroatoms. The fourth-order valence-electron chi connectivity index (χ4n) is 15.5. The number of morpholine rings is 1. The molecule has 5 aliphatic carbocycles. The summed E-state index contributed by atoms with van der Waals surface area (Å²) >= 11 is 0. The van der Waals surface area contributed by atoms with Crippen LogP contribution in [0.1, 0.15) is 121 Å². The van der Waals surface area contributed by atoms with E-state index < -0.39 is 35.5 Å². The highest BCUT2D eigenvalue weighted by Gasteiger charge is 2.84. The summed E-state index contributed by atoms with van der Waals surface area (Å²) in [6.07, 6.45) is 6.60.